The van der Waals surface area contributed by atoms with Crippen LogP contribution in [0.2, 0.25) is 0 Å². The average molecular weight is 319 g/mol. The zero-order valence-corrected chi connectivity index (χ0v) is 11.8. The molecule has 0 bridgehead atoms. The normalized spacial score (nSPS) is 30.4. The van der Waals surface area contributed by atoms with E-state index < -0.39 is 7.59 Å². The molecule has 1 aliphatic carbocycles. The lowest BCUT2D eigenvalue weighted by Gasteiger charge is -2.35. The van der Waals surface area contributed by atoms with Gasteiger partial charge in [-0.2, -0.15) is 0 Å². The van der Waals surface area contributed by atoms with Crippen LogP contribution in [0.5, 0.6) is 0 Å². The molecule has 0 aromatic rings. The van der Waals surface area contributed by atoms with Gasteiger partial charge in [-0.3, -0.25) is 0 Å². The van der Waals surface area contributed by atoms with Gasteiger partial charge in [-0.05, 0) is 25.7 Å². The predicted molar refractivity (Wildman–Crippen MR) is 66.0 cm³/mol. The molecule has 0 heterocycles. The topological polar surface area (TPSA) is 0 Å². The van der Waals surface area contributed by atoms with E-state index in [1.807, 2.05) is 0 Å². The van der Waals surface area contributed by atoms with Crippen LogP contribution >= 0.6 is 69.6 Å². The first-order valence-corrected chi connectivity index (χ1v) is 6.61. The smallest absolute Gasteiger partial charge is 0.0834 e. The van der Waals surface area contributed by atoms with E-state index in [4.69, 9.17) is 69.6 Å². The maximum Gasteiger partial charge on any atom is 0.193 e. The lowest BCUT2D eigenvalue weighted by Crippen LogP contribution is -2.30. The molecule has 0 amide bonds. The third-order valence-electron chi connectivity index (χ3n) is 2.65. The highest BCUT2D eigenvalue weighted by molar-refractivity contribution is 6.68. The zero-order chi connectivity index (χ0) is 11.0. The first-order valence-electron chi connectivity index (χ1n) is 4.34. The Kier molecular flexibility index (Phi) is 4.87. The van der Waals surface area contributed by atoms with E-state index in [-0.39, 0.29) is 11.8 Å². The third-order valence-corrected chi connectivity index (χ3v) is 4.50. The fraction of sp³-hybridized carbons (Fsp3) is 1.00. The highest BCUT2D eigenvalue weighted by Gasteiger charge is 2.41. The molecule has 84 valence electrons. The van der Waals surface area contributed by atoms with Crippen molar-refractivity contribution < 1.29 is 0 Å². The Hall–Kier alpha value is 1.74. The molecule has 0 aromatic carbocycles. The minimum absolute atomic E-state index is 0.0797. The Bertz CT molecular complexity index is 161. The number of halogens is 6. The van der Waals surface area contributed by atoms with E-state index in [0.29, 0.717) is 0 Å². The largest absolute Gasteiger partial charge is 0.193 e. The van der Waals surface area contributed by atoms with Crippen LogP contribution in [0.25, 0.3) is 0 Å². The summed E-state index contributed by atoms with van der Waals surface area (Å²) in [5.41, 5.74) is 0. The number of rotatable bonds is 0. The average Bonchev–Trinajstić information content (AvgIpc) is 2.01. The van der Waals surface area contributed by atoms with Crippen LogP contribution in [0.15, 0.2) is 0 Å². The summed E-state index contributed by atoms with van der Waals surface area (Å²) in [4.78, 5) is 0. The summed E-state index contributed by atoms with van der Waals surface area (Å²) in [5, 5.41) is 0. The van der Waals surface area contributed by atoms with Gasteiger partial charge in [0.05, 0.1) is 0 Å². The molecule has 0 spiro atoms. The Labute approximate surface area is 114 Å². The summed E-state index contributed by atoms with van der Waals surface area (Å²) in [5.74, 6) is 0.159. The van der Waals surface area contributed by atoms with Crippen LogP contribution in [0.1, 0.15) is 25.7 Å². The quantitative estimate of drug-likeness (QED) is 0.515. The van der Waals surface area contributed by atoms with Gasteiger partial charge in [-0.25, -0.2) is 0 Å². The minimum atomic E-state index is -1.18. The molecule has 0 atom stereocenters. The molecule has 0 unspecified atom stereocenters. The molecule has 1 aliphatic rings. The van der Waals surface area contributed by atoms with E-state index in [1.54, 1.807) is 0 Å². The molecule has 14 heavy (non-hydrogen) atoms. The van der Waals surface area contributed by atoms with Crippen molar-refractivity contribution in [2.45, 2.75) is 33.3 Å². The fourth-order valence-electron chi connectivity index (χ4n) is 1.75. The Morgan fingerprint density at radius 1 is 0.571 bits per heavy atom. The van der Waals surface area contributed by atoms with Crippen LogP contribution in [-0.2, 0) is 0 Å². The number of alkyl halides is 6. The van der Waals surface area contributed by atoms with Crippen molar-refractivity contribution in [3.8, 4) is 0 Å². The van der Waals surface area contributed by atoms with Gasteiger partial charge in [0.1, 0.15) is 0 Å². The molecule has 0 radical (unpaired) electrons. The Balaban J connectivity index is 2.47. The maximum absolute atomic E-state index is 5.81. The summed E-state index contributed by atoms with van der Waals surface area (Å²) in [7, 11) is 0. The zero-order valence-electron chi connectivity index (χ0n) is 7.25. The van der Waals surface area contributed by atoms with Crippen molar-refractivity contribution in [2.24, 2.45) is 11.8 Å². The molecule has 0 saturated heterocycles. The van der Waals surface area contributed by atoms with E-state index in [9.17, 15) is 0 Å². The summed E-state index contributed by atoms with van der Waals surface area (Å²) in [6.07, 6.45) is 3.20. The van der Waals surface area contributed by atoms with Crippen LogP contribution in [0, 0.1) is 11.8 Å². The summed E-state index contributed by atoms with van der Waals surface area (Å²) in [6.45, 7) is 0. The molecule has 0 N–H and O–H groups in total. The van der Waals surface area contributed by atoms with Crippen LogP contribution in [0.3, 0.4) is 0 Å². The van der Waals surface area contributed by atoms with Gasteiger partial charge in [0.2, 0.25) is 0 Å². The summed E-state index contributed by atoms with van der Waals surface area (Å²) >= 11 is 34.8. The summed E-state index contributed by atoms with van der Waals surface area (Å²) in [6, 6.07) is 0. The van der Waals surface area contributed by atoms with Crippen LogP contribution in [0.4, 0.5) is 0 Å². The molecule has 1 rings (SSSR count). The van der Waals surface area contributed by atoms with Gasteiger partial charge in [0.25, 0.3) is 0 Å². The number of hydrogen-bond acceptors (Lipinski definition) is 0. The van der Waals surface area contributed by atoms with Gasteiger partial charge in [0, 0.05) is 11.8 Å². The van der Waals surface area contributed by atoms with Crippen LogP contribution < -0.4 is 0 Å². The fourth-order valence-corrected chi connectivity index (χ4v) is 3.06. The van der Waals surface area contributed by atoms with Crippen molar-refractivity contribution in [2.75, 3.05) is 0 Å². The molecular weight excluding hydrogens is 309 g/mol. The predicted octanol–water partition coefficient (Wildman–Crippen LogP) is 5.53. The summed E-state index contributed by atoms with van der Waals surface area (Å²) < 4.78 is -2.36. The molecule has 1 saturated carbocycles. The van der Waals surface area contributed by atoms with Crippen molar-refractivity contribution in [3.63, 3.8) is 0 Å². The first kappa shape index (κ1) is 13.8. The Morgan fingerprint density at radius 2 is 0.786 bits per heavy atom. The van der Waals surface area contributed by atoms with Crippen molar-refractivity contribution in [3.05, 3.63) is 0 Å². The van der Waals surface area contributed by atoms with E-state index in [0.717, 1.165) is 25.7 Å². The molecule has 0 aromatic heterocycles. The standard InChI is InChI=1S/C8H10Cl6/c9-7(10,11)5-1-2-6(4-3-5)8(12,13)14/h5-6H,1-4H2. The Morgan fingerprint density at radius 3 is 0.929 bits per heavy atom. The van der Waals surface area contributed by atoms with E-state index >= 15 is 0 Å². The molecular formula is C8H10Cl6. The maximum atomic E-state index is 5.81. The molecule has 0 nitrogen and oxygen atoms in total. The SMILES string of the molecule is ClC(Cl)(Cl)C1CCC(C(Cl)(Cl)Cl)CC1. The lowest BCUT2D eigenvalue weighted by molar-refractivity contribution is 0.279. The van der Waals surface area contributed by atoms with Crippen LogP contribution in [-0.4, -0.2) is 7.59 Å². The second kappa shape index (κ2) is 4.94. The van der Waals surface area contributed by atoms with E-state index in [1.165, 1.54) is 0 Å². The highest BCUT2D eigenvalue weighted by Crippen LogP contribution is 2.49. The van der Waals surface area contributed by atoms with Gasteiger partial charge >= 0.3 is 0 Å². The van der Waals surface area contributed by atoms with Gasteiger partial charge in [0.15, 0.2) is 7.59 Å². The van der Waals surface area contributed by atoms with E-state index in [2.05, 4.69) is 0 Å². The molecule has 1 fully saturated rings. The molecule has 6 heteroatoms. The second-order valence-corrected chi connectivity index (χ2v) is 8.37. The first-order chi connectivity index (χ1) is 6.21. The van der Waals surface area contributed by atoms with Crippen molar-refractivity contribution >= 4 is 69.6 Å². The number of hydrogen-bond donors (Lipinski definition) is 0. The lowest BCUT2D eigenvalue weighted by atomic mass is 9.83. The highest BCUT2D eigenvalue weighted by atomic mass is 35.6. The van der Waals surface area contributed by atoms with Gasteiger partial charge in [-0.1, -0.05) is 69.6 Å². The van der Waals surface area contributed by atoms with Crippen molar-refractivity contribution in [1.82, 2.24) is 0 Å². The minimum Gasteiger partial charge on any atom is -0.0834 e. The second-order valence-electron chi connectivity index (χ2n) is 3.63. The van der Waals surface area contributed by atoms with Gasteiger partial charge < -0.3 is 0 Å². The third kappa shape index (κ3) is 3.96. The van der Waals surface area contributed by atoms with Gasteiger partial charge in [-0.15, -0.1) is 0 Å². The monoisotopic (exact) mass is 316 g/mol. The van der Waals surface area contributed by atoms with Crippen molar-refractivity contribution in [1.29, 1.82) is 0 Å². The molecule has 0 aliphatic heterocycles.